The Morgan fingerprint density at radius 2 is 2.06 bits per heavy atom. The van der Waals surface area contributed by atoms with Crippen LogP contribution in [-0.2, 0) is 6.42 Å². The van der Waals surface area contributed by atoms with Gasteiger partial charge in [0.25, 0.3) is 5.69 Å². The van der Waals surface area contributed by atoms with Gasteiger partial charge in [-0.15, -0.1) is 0 Å². The summed E-state index contributed by atoms with van der Waals surface area (Å²) in [6.45, 7) is 4.29. The van der Waals surface area contributed by atoms with Crippen molar-refractivity contribution < 1.29 is 4.92 Å². The molecule has 0 aliphatic carbocycles. The summed E-state index contributed by atoms with van der Waals surface area (Å²) in [4.78, 5) is 11.0. The molecule has 1 aromatic rings. The number of para-hydroxylation sites is 1. The summed E-state index contributed by atoms with van der Waals surface area (Å²) >= 11 is 3.59. The number of rotatable bonds is 6. The standard InChI is InChI=1S/C13H18BrNO2/c1-3-11(10(2)14)8-9-12-6-4-5-7-13(12)15(16)17/h4-7,10-11H,3,8-9H2,1-2H3. The van der Waals surface area contributed by atoms with Gasteiger partial charge in [0.15, 0.2) is 0 Å². The smallest absolute Gasteiger partial charge is 0.258 e. The van der Waals surface area contributed by atoms with Crippen LogP contribution in [-0.4, -0.2) is 9.75 Å². The molecule has 0 N–H and O–H groups in total. The summed E-state index contributed by atoms with van der Waals surface area (Å²) in [6.07, 6.45) is 2.84. The van der Waals surface area contributed by atoms with Gasteiger partial charge in [-0.3, -0.25) is 10.1 Å². The SMILES string of the molecule is CCC(CCc1ccccc1[N+](=O)[O-])C(C)Br. The van der Waals surface area contributed by atoms with Gasteiger partial charge in [-0.05, 0) is 18.8 Å². The third-order valence-corrected chi connectivity index (χ3v) is 3.89. The van der Waals surface area contributed by atoms with Crippen molar-refractivity contribution in [1.82, 2.24) is 0 Å². The molecule has 0 bridgehead atoms. The highest BCUT2D eigenvalue weighted by Crippen LogP contribution is 2.25. The number of aryl methyl sites for hydroxylation is 1. The zero-order valence-electron chi connectivity index (χ0n) is 10.2. The lowest BCUT2D eigenvalue weighted by molar-refractivity contribution is -0.385. The fourth-order valence-corrected chi connectivity index (χ4v) is 2.64. The largest absolute Gasteiger partial charge is 0.272 e. The van der Waals surface area contributed by atoms with Gasteiger partial charge >= 0.3 is 0 Å². The molecule has 3 nitrogen and oxygen atoms in total. The first-order chi connectivity index (χ1) is 8.06. The predicted octanol–water partition coefficient (Wildman–Crippen LogP) is 4.34. The molecular formula is C13H18BrNO2. The van der Waals surface area contributed by atoms with Crippen molar-refractivity contribution >= 4 is 21.6 Å². The van der Waals surface area contributed by atoms with E-state index < -0.39 is 0 Å². The van der Waals surface area contributed by atoms with Crippen LogP contribution in [0, 0.1) is 16.0 Å². The van der Waals surface area contributed by atoms with Crippen molar-refractivity contribution in [3.8, 4) is 0 Å². The van der Waals surface area contributed by atoms with E-state index in [-0.39, 0.29) is 10.6 Å². The summed E-state index contributed by atoms with van der Waals surface area (Å²) in [5.74, 6) is 0.565. The molecule has 0 radical (unpaired) electrons. The van der Waals surface area contributed by atoms with E-state index >= 15 is 0 Å². The highest BCUT2D eigenvalue weighted by atomic mass is 79.9. The van der Waals surface area contributed by atoms with E-state index in [0.29, 0.717) is 10.7 Å². The third-order valence-electron chi connectivity index (χ3n) is 3.15. The number of hydrogen-bond donors (Lipinski definition) is 0. The molecule has 2 unspecified atom stereocenters. The second kappa shape index (κ2) is 6.74. The third kappa shape index (κ3) is 4.11. The number of nitrogens with zero attached hydrogens (tertiary/aromatic N) is 1. The van der Waals surface area contributed by atoms with Crippen molar-refractivity contribution in [2.75, 3.05) is 0 Å². The van der Waals surface area contributed by atoms with Crippen LogP contribution in [0.3, 0.4) is 0 Å². The molecule has 1 rings (SSSR count). The van der Waals surface area contributed by atoms with Crippen LogP contribution < -0.4 is 0 Å². The molecule has 0 fully saturated rings. The van der Waals surface area contributed by atoms with Gasteiger partial charge in [-0.2, -0.15) is 0 Å². The van der Waals surface area contributed by atoms with E-state index in [1.165, 1.54) is 0 Å². The topological polar surface area (TPSA) is 43.1 Å². The molecular weight excluding hydrogens is 282 g/mol. The molecule has 17 heavy (non-hydrogen) atoms. The summed E-state index contributed by atoms with van der Waals surface area (Å²) in [7, 11) is 0. The van der Waals surface area contributed by atoms with Crippen molar-refractivity contribution in [3.05, 3.63) is 39.9 Å². The van der Waals surface area contributed by atoms with E-state index in [9.17, 15) is 10.1 Å². The molecule has 1 aromatic carbocycles. The molecule has 0 spiro atoms. The second-order valence-electron chi connectivity index (χ2n) is 4.27. The van der Waals surface area contributed by atoms with E-state index in [2.05, 4.69) is 29.8 Å². The lowest BCUT2D eigenvalue weighted by atomic mass is 9.94. The Morgan fingerprint density at radius 3 is 2.59 bits per heavy atom. The summed E-state index contributed by atoms with van der Waals surface area (Å²) in [5.41, 5.74) is 1.08. The molecule has 94 valence electrons. The Hall–Kier alpha value is -0.900. The Balaban J connectivity index is 2.72. The Labute approximate surface area is 111 Å². The number of alkyl halides is 1. The number of hydrogen-bond acceptors (Lipinski definition) is 2. The quantitative estimate of drug-likeness (QED) is 0.445. The van der Waals surface area contributed by atoms with Gasteiger partial charge in [0.2, 0.25) is 0 Å². The molecule has 0 saturated carbocycles. The van der Waals surface area contributed by atoms with Crippen LogP contribution in [0.2, 0.25) is 0 Å². The zero-order chi connectivity index (χ0) is 12.8. The van der Waals surface area contributed by atoms with Gasteiger partial charge in [-0.25, -0.2) is 0 Å². The lowest BCUT2D eigenvalue weighted by Gasteiger charge is -2.17. The zero-order valence-corrected chi connectivity index (χ0v) is 11.8. The Kier molecular flexibility index (Phi) is 5.62. The fraction of sp³-hybridized carbons (Fsp3) is 0.538. The normalized spacial score (nSPS) is 14.3. The first-order valence-corrected chi connectivity index (χ1v) is 6.84. The maximum absolute atomic E-state index is 10.9. The van der Waals surface area contributed by atoms with E-state index in [4.69, 9.17) is 0 Å². The van der Waals surface area contributed by atoms with Crippen LogP contribution in [0.1, 0.15) is 32.3 Å². The number of benzene rings is 1. The monoisotopic (exact) mass is 299 g/mol. The Bertz CT molecular complexity index is 379. The fourth-order valence-electron chi connectivity index (χ4n) is 2.00. The van der Waals surface area contributed by atoms with Gasteiger partial charge in [0, 0.05) is 16.5 Å². The minimum atomic E-state index is -0.298. The van der Waals surface area contributed by atoms with Crippen LogP contribution >= 0.6 is 15.9 Å². The van der Waals surface area contributed by atoms with E-state index in [1.807, 2.05) is 12.1 Å². The molecule has 0 aromatic heterocycles. The molecule has 0 aliphatic rings. The summed E-state index contributed by atoms with van der Waals surface area (Å²) < 4.78 is 0. The van der Waals surface area contributed by atoms with Crippen molar-refractivity contribution in [3.63, 3.8) is 0 Å². The molecule has 0 aliphatic heterocycles. The molecule has 0 heterocycles. The van der Waals surface area contributed by atoms with E-state index in [1.54, 1.807) is 12.1 Å². The number of halogens is 1. The van der Waals surface area contributed by atoms with Crippen molar-refractivity contribution in [2.45, 2.75) is 37.9 Å². The maximum atomic E-state index is 10.9. The van der Waals surface area contributed by atoms with Crippen LogP contribution in [0.25, 0.3) is 0 Å². The van der Waals surface area contributed by atoms with Crippen molar-refractivity contribution in [1.29, 1.82) is 0 Å². The first kappa shape index (κ1) is 14.2. The minimum Gasteiger partial charge on any atom is -0.258 e. The maximum Gasteiger partial charge on any atom is 0.272 e. The molecule has 0 amide bonds. The highest BCUT2D eigenvalue weighted by Gasteiger charge is 2.16. The second-order valence-corrected chi connectivity index (χ2v) is 5.71. The summed E-state index contributed by atoms with van der Waals surface area (Å²) in [5, 5.41) is 10.9. The molecule has 2 atom stereocenters. The Morgan fingerprint density at radius 1 is 1.41 bits per heavy atom. The average molecular weight is 300 g/mol. The van der Waals surface area contributed by atoms with E-state index in [0.717, 1.165) is 24.8 Å². The average Bonchev–Trinajstić information content (AvgIpc) is 2.29. The lowest BCUT2D eigenvalue weighted by Crippen LogP contribution is -2.11. The molecule has 4 heteroatoms. The summed E-state index contributed by atoms with van der Waals surface area (Å²) in [6, 6.07) is 7.00. The van der Waals surface area contributed by atoms with Crippen molar-refractivity contribution in [2.24, 2.45) is 5.92 Å². The molecule has 0 saturated heterocycles. The number of nitro benzene ring substituents is 1. The van der Waals surface area contributed by atoms with Gasteiger partial charge in [0.05, 0.1) is 4.92 Å². The van der Waals surface area contributed by atoms with Gasteiger partial charge < -0.3 is 0 Å². The van der Waals surface area contributed by atoms with Gasteiger partial charge in [-0.1, -0.05) is 54.4 Å². The van der Waals surface area contributed by atoms with Crippen LogP contribution in [0.15, 0.2) is 24.3 Å². The van der Waals surface area contributed by atoms with Gasteiger partial charge in [0.1, 0.15) is 0 Å². The first-order valence-electron chi connectivity index (χ1n) is 5.92. The predicted molar refractivity (Wildman–Crippen MR) is 73.6 cm³/mol. The van der Waals surface area contributed by atoms with Crippen LogP contribution in [0.4, 0.5) is 5.69 Å². The minimum absolute atomic E-state index is 0.240. The number of nitro groups is 1. The van der Waals surface area contributed by atoms with Crippen LogP contribution in [0.5, 0.6) is 0 Å². The highest BCUT2D eigenvalue weighted by molar-refractivity contribution is 9.09.